The molecule has 0 atom stereocenters. The molecule has 4 nitrogen and oxygen atoms in total. The number of benzene rings is 1. The van der Waals surface area contributed by atoms with Gasteiger partial charge in [0, 0.05) is 0 Å². The van der Waals surface area contributed by atoms with Crippen LogP contribution in [0.5, 0.6) is 0 Å². The average Bonchev–Trinajstić information content (AvgIpc) is 2.73. The first-order chi connectivity index (χ1) is 7.79. The van der Waals surface area contributed by atoms with Gasteiger partial charge in [-0.1, -0.05) is 12.1 Å². The van der Waals surface area contributed by atoms with Crippen LogP contribution in [0, 0.1) is 18.3 Å². The van der Waals surface area contributed by atoms with E-state index in [-0.39, 0.29) is 0 Å². The van der Waals surface area contributed by atoms with Gasteiger partial charge < -0.3 is 10.3 Å². The quantitative estimate of drug-likeness (QED) is 0.819. The Morgan fingerprint density at radius 1 is 1.44 bits per heavy atom. The van der Waals surface area contributed by atoms with Gasteiger partial charge in [-0.15, -0.1) is 0 Å². The molecule has 80 valence electrons. The monoisotopic (exact) mass is 212 g/mol. The molecule has 4 heteroatoms. The van der Waals surface area contributed by atoms with Gasteiger partial charge in [0.25, 0.3) is 0 Å². The second-order valence-corrected chi connectivity index (χ2v) is 3.50. The highest BCUT2D eigenvalue weighted by Crippen LogP contribution is 2.14. The van der Waals surface area contributed by atoms with E-state index in [1.54, 1.807) is 12.3 Å². The summed E-state index contributed by atoms with van der Waals surface area (Å²) in [5.74, 6) is 0.894. The molecule has 2 rings (SSSR count). The maximum absolute atomic E-state index is 8.91. The highest BCUT2D eigenvalue weighted by Gasteiger charge is 2.01. The average molecular weight is 212 g/mol. The van der Waals surface area contributed by atoms with Crippen LogP contribution >= 0.6 is 0 Å². The van der Waals surface area contributed by atoms with Crippen molar-refractivity contribution < 1.29 is 0 Å². The minimum Gasteiger partial charge on any atom is -0.378 e. The van der Waals surface area contributed by atoms with Crippen molar-refractivity contribution >= 4 is 5.69 Å². The maximum Gasteiger partial charge on any atom is 0.103 e. The molecule has 2 aromatic rings. The van der Waals surface area contributed by atoms with E-state index >= 15 is 0 Å². The predicted molar refractivity (Wildman–Crippen MR) is 61.8 cm³/mol. The number of aryl methyl sites for hydroxylation is 1. The van der Waals surface area contributed by atoms with Gasteiger partial charge in [-0.05, 0) is 19.1 Å². The fourth-order valence-corrected chi connectivity index (χ4v) is 1.49. The van der Waals surface area contributed by atoms with E-state index in [0.717, 1.165) is 17.2 Å². The number of aromatic nitrogens is 2. The number of nitriles is 1. The fraction of sp³-hybridized carbons (Fsp3) is 0.167. The molecule has 0 radical (unpaired) electrons. The van der Waals surface area contributed by atoms with E-state index in [1.165, 1.54) is 0 Å². The zero-order valence-corrected chi connectivity index (χ0v) is 8.99. The van der Waals surface area contributed by atoms with Gasteiger partial charge in [0.2, 0.25) is 0 Å². The second-order valence-electron chi connectivity index (χ2n) is 3.50. The molecule has 0 fully saturated rings. The number of aromatic amines is 1. The molecular formula is C12H12N4. The van der Waals surface area contributed by atoms with Crippen LogP contribution in [0.25, 0.3) is 0 Å². The Labute approximate surface area is 94.0 Å². The number of hydrogen-bond donors (Lipinski definition) is 2. The van der Waals surface area contributed by atoms with Crippen molar-refractivity contribution in [3.05, 3.63) is 47.5 Å². The molecule has 0 saturated carbocycles. The van der Waals surface area contributed by atoms with Crippen LogP contribution in [-0.2, 0) is 6.54 Å². The van der Waals surface area contributed by atoms with Crippen LogP contribution in [0.15, 0.2) is 30.5 Å². The summed E-state index contributed by atoms with van der Waals surface area (Å²) in [5, 5.41) is 12.1. The Balaban J connectivity index is 2.08. The van der Waals surface area contributed by atoms with E-state index < -0.39 is 0 Å². The van der Waals surface area contributed by atoms with E-state index in [1.807, 2.05) is 25.1 Å². The maximum atomic E-state index is 8.91. The SMILES string of the molecule is Cc1ncc(CNc2ccccc2C#N)[nH]1. The Hall–Kier alpha value is -2.28. The summed E-state index contributed by atoms with van der Waals surface area (Å²) < 4.78 is 0. The van der Waals surface area contributed by atoms with Crippen molar-refractivity contribution in [2.75, 3.05) is 5.32 Å². The molecule has 2 N–H and O–H groups in total. The summed E-state index contributed by atoms with van der Waals surface area (Å²) in [6, 6.07) is 9.59. The number of H-pyrrole nitrogens is 1. The Morgan fingerprint density at radius 3 is 2.94 bits per heavy atom. The zero-order chi connectivity index (χ0) is 11.4. The predicted octanol–water partition coefficient (Wildman–Crippen LogP) is 2.20. The summed E-state index contributed by atoms with van der Waals surface area (Å²) >= 11 is 0. The van der Waals surface area contributed by atoms with Crippen molar-refractivity contribution in [2.24, 2.45) is 0 Å². The number of nitrogens with zero attached hydrogens (tertiary/aromatic N) is 2. The molecule has 0 aliphatic rings. The van der Waals surface area contributed by atoms with Crippen molar-refractivity contribution in [2.45, 2.75) is 13.5 Å². The van der Waals surface area contributed by atoms with Crippen LogP contribution in [-0.4, -0.2) is 9.97 Å². The topological polar surface area (TPSA) is 64.5 Å². The molecule has 0 aliphatic carbocycles. The number of para-hydroxylation sites is 1. The normalized spacial score (nSPS) is 9.75. The van der Waals surface area contributed by atoms with Crippen LogP contribution in [0.1, 0.15) is 17.1 Å². The van der Waals surface area contributed by atoms with Crippen LogP contribution in [0.3, 0.4) is 0 Å². The standard InChI is InChI=1S/C12H12N4/c1-9-14-7-11(16-9)8-15-12-5-3-2-4-10(12)6-13/h2-5,7,15H,8H2,1H3,(H,14,16). The molecule has 1 heterocycles. The first-order valence-electron chi connectivity index (χ1n) is 5.03. The first-order valence-corrected chi connectivity index (χ1v) is 5.03. The summed E-state index contributed by atoms with van der Waals surface area (Å²) in [6.45, 7) is 2.55. The van der Waals surface area contributed by atoms with Gasteiger partial charge in [-0.25, -0.2) is 4.98 Å². The molecule has 1 aromatic carbocycles. The number of anilines is 1. The third-order valence-electron chi connectivity index (χ3n) is 2.27. The van der Waals surface area contributed by atoms with E-state index in [4.69, 9.17) is 5.26 Å². The minimum absolute atomic E-state index is 0.638. The van der Waals surface area contributed by atoms with Gasteiger partial charge in [-0.2, -0.15) is 5.26 Å². The molecule has 16 heavy (non-hydrogen) atoms. The lowest BCUT2D eigenvalue weighted by Gasteiger charge is -2.05. The Morgan fingerprint density at radius 2 is 2.25 bits per heavy atom. The summed E-state index contributed by atoms with van der Waals surface area (Å²) in [6.07, 6.45) is 1.79. The van der Waals surface area contributed by atoms with Gasteiger partial charge >= 0.3 is 0 Å². The lowest BCUT2D eigenvalue weighted by molar-refractivity contribution is 1.05. The van der Waals surface area contributed by atoms with Gasteiger partial charge in [-0.3, -0.25) is 0 Å². The molecule has 0 saturated heterocycles. The second kappa shape index (κ2) is 4.49. The molecule has 0 unspecified atom stereocenters. The fourth-order valence-electron chi connectivity index (χ4n) is 1.49. The highest BCUT2D eigenvalue weighted by molar-refractivity contribution is 5.57. The molecule has 0 spiro atoms. The molecular weight excluding hydrogens is 200 g/mol. The minimum atomic E-state index is 0.638. The van der Waals surface area contributed by atoms with Gasteiger partial charge in [0.05, 0.1) is 29.7 Å². The van der Waals surface area contributed by atoms with Crippen LogP contribution in [0.4, 0.5) is 5.69 Å². The number of imidazole rings is 1. The third kappa shape index (κ3) is 2.20. The number of rotatable bonds is 3. The number of nitrogens with one attached hydrogen (secondary N) is 2. The van der Waals surface area contributed by atoms with Crippen molar-refractivity contribution in [3.8, 4) is 6.07 Å². The Kier molecular flexibility index (Phi) is 2.88. The summed E-state index contributed by atoms with van der Waals surface area (Å²) in [5.41, 5.74) is 2.50. The highest BCUT2D eigenvalue weighted by atomic mass is 15.0. The van der Waals surface area contributed by atoms with E-state index in [2.05, 4.69) is 21.4 Å². The number of hydrogen-bond acceptors (Lipinski definition) is 3. The van der Waals surface area contributed by atoms with Crippen LogP contribution in [0.2, 0.25) is 0 Å². The summed E-state index contributed by atoms with van der Waals surface area (Å²) in [7, 11) is 0. The lowest BCUT2D eigenvalue weighted by Crippen LogP contribution is -2.01. The third-order valence-corrected chi connectivity index (χ3v) is 2.27. The molecule has 1 aromatic heterocycles. The molecule has 0 amide bonds. The summed E-state index contributed by atoms with van der Waals surface area (Å²) in [4.78, 5) is 7.24. The lowest BCUT2D eigenvalue weighted by atomic mass is 10.2. The zero-order valence-electron chi connectivity index (χ0n) is 8.99. The van der Waals surface area contributed by atoms with Crippen molar-refractivity contribution in [3.63, 3.8) is 0 Å². The first kappa shape index (κ1) is 10.2. The molecule has 0 aliphatic heterocycles. The molecule has 0 bridgehead atoms. The van der Waals surface area contributed by atoms with Crippen molar-refractivity contribution in [1.29, 1.82) is 5.26 Å². The largest absolute Gasteiger partial charge is 0.378 e. The van der Waals surface area contributed by atoms with Gasteiger partial charge in [0.1, 0.15) is 11.9 Å². The van der Waals surface area contributed by atoms with E-state index in [0.29, 0.717) is 12.1 Å². The smallest absolute Gasteiger partial charge is 0.103 e. The van der Waals surface area contributed by atoms with Crippen molar-refractivity contribution in [1.82, 2.24) is 9.97 Å². The Bertz CT molecular complexity index is 522. The van der Waals surface area contributed by atoms with Crippen LogP contribution < -0.4 is 5.32 Å². The van der Waals surface area contributed by atoms with E-state index in [9.17, 15) is 0 Å². The van der Waals surface area contributed by atoms with Gasteiger partial charge in [0.15, 0.2) is 0 Å².